The first-order valence-electron chi connectivity index (χ1n) is 9.95. The van der Waals surface area contributed by atoms with Gasteiger partial charge >= 0.3 is 0 Å². The molecule has 0 amide bonds. The monoisotopic (exact) mass is 296 g/mol. The second-order valence-corrected chi connectivity index (χ2v) is 8.55. The molecule has 128 valence electrons. The Balaban J connectivity index is 3.15. The Labute approximate surface area is 136 Å². The Hall–Kier alpha value is 0. The van der Waals surface area contributed by atoms with Gasteiger partial charge in [-0.1, -0.05) is 118 Å². The average molecular weight is 297 g/mol. The Bertz CT molecular complexity index is 199. The molecule has 0 aromatic rings. The van der Waals surface area contributed by atoms with Crippen LogP contribution < -0.4 is 0 Å². The smallest absolute Gasteiger partial charge is 0.0380 e. The highest BCUT2D eigenvalue weighted by Gasteiger charge is 2.14. The third-order valence-corrected chi connectivity index (χ3v) is 4.51. The van der Waals surface area contributed by atoms with Crippen molar-refractivity contribution >= 4 is 0 Å². The van der Waals surface area contributed by atoms with Crippen LogP contribution in [0.1, 0.15) is 125 Å². The SMILES string of the molecule is CCCCCCCCCCCCCCC(C)CC(C)(C)C. The summed E-state index contributed by atoms with van der Waals surface area (Å²) in [7, 11) is 0. The molecule has 21 heavy (non-hydrogen) atoms. The first kappa shape index (κ1) is 21.0. The summed E-state index contributed by atoms with van der Waals surface area (Å²) in [6.45, 7) is 11.8. The van der Waals surface area contributed by atoms with Crippen molar-refractivity contribution in [1.29, 1.82) is 0 Å². The zero-order valence-electron chi connectivity index (χ0n) is 16.0. The van der Waals surface area contributed by atoms with Gasteiger partial charge in [-0.3, -0.25) is 0 Å². The van der Waals surface area contributed by atoms with Crippen molar-refractivity contribution in [2.75, 3.05) is 0 Å². The van der Waals surface area contributed by atoms with Gasteiger partial charge < -0.3 is 0 Å². The minimum atomic E-state index is 0.510. The highest BCUT2D eigenvalue weighted by molar-refractivity contribution is 4.66. The van der Waals surface area contributed by atoms with E-state index in [0.717, 1.165) is 5.92 Å². The maximum absolute atomic E-state index is 2.43. The Morgan fingerprint density at radius 2 is 1.00 bits per heavy atom. The normalized spacial score (nSPS) is 13.6. The van der Waals surface area contributed by atoms with Crippen LogP contribution in [0.4, 0.5) is 0 Å². The molecule has 0 N–H and O–H groups in total. The molecule has 0 heteroatoms. The lowest BCUT2D eigenvalue weighted by atomic mass is 9.83. The fourth-order valence-corrected chi connectivity index (χ4v) is 3.48. The minimum absolute atomic E-state index is 0.510. The van der Waals surface area contributed by atoms with E-state index in [1.165, 1.54) is 89.9 Å². The molecule has 0 aliphatic carbocycles. The summed E-state index contributed by atoms with van der Waals surface area (Å²) in [6, 6.07) is 0. The van der Waals surface area contributed by atoms with Crippen LogP contribution in [0.15, 0.2) is 0 Å². The van der Waals surface area contributed by atoms with Crippen molar-refractivity contribution < 1.29 is 0 Å². The van der Waals surface area contributed by atoms with E-state index >= 15 is 0 Å². The van der Waals surface area contributed by atoms with Crippen LogP contribution in [0.25, 0.3) is 0 Å². The fraction of sp³-hybridized carbons (Fsp3) is 1.00. The van der Waals surface area contributed by atoms with Crippen molar-refractivity contribution in [3.63, 3.8) is 0 Å². The van der Waals surface area contributed by atoms with Crippen LogP contribution >= 0.6 is 0 Å². The minimum Gasteiger partial charge on any atom is -0.0654 e. The molecule has 1 atom stereocenters. The molecule has 0 heterocycles. The van der Waals surface area contributed by atoms with Crippen molar-refractivity contribution in [3.8, 4) is 0 Å². The fourth-order valence-electron chi connectivity index (χ4n) is 3.48. The average Bonchev–Trinajstić information content (AvgIpc) is 2.38. The molecule has 0 aromatic carbocycles. The highest BCUT2D eigenvalue weighted by atomic mass is 14.2. The van der Waals surface area contributed by atoms with E-state index in [0.29, 0.717) is 5.41 Å². The number of rotatable bonds is 14. The van der Waals surface area contributed by atoms with E-state index in [1.54, 1.807) is 0 Å². The van der Waals surface area contributed by atoms with E-state index < -0.39 is 0 Å². The van der Waals surface area contributed by atoms with Gasteiger partial charge in [0.2, 0.25) is 0 Å². The molecule has 0 nitrogen and oxygen atoms in total. The summed E-state index contributed by atoms with van der Waals surface area (Å²) in [6.07, 6.45) is 20.3. The van der Waals surface area contributed by atoms with Gasteiger partial charge in [0.1, 0.15) is 0 Å². The van der Waals surface area contributed by atoms with Crippen molar-refractivity contribution in [3.05, 3.63) is 0 Å². The summed E-state index contributed by atoms with van der Waals surface area (Å²) in [5.41, 5.74) is 0.510. The van der Waals surface area contributed by atoms with E-state index in [2.05, 4.69) is 34.6 Å². The van der Waals surface area contributed by atoms with Crippen LogP contribution in [0, 0.1) is 11.3 Å². The zero-order valence-corrected chi connectivity index (χ0v) is 16.0. The number of unbranched alkanes of at least 4 members (excludes halogenated alkanes) is 11. The van der Waals surface area contributed by atoms with Gasteiger partial charge in [0.25, 0.3) is 0 Å². The van der Waals surface area contributed by atoms with Gasteiger partial charge in [-0.05, 0) is 17.8 Å². The highest BCUT2D eigenvalue weighted by Crippen LogP contribution is 2.27. The molecule has 0 aliphatic heterocycles. The summed E-state index contributed by atoms with van der Waals surface area (Å²) in [5, 5.41) is 0. The summed E-state index contributed by atoms with van der Waals surface area (Å²) in [4.78, 5) is 0. The molecule has 1 unspecified atom stereocenters. The molecule has 0 saturated heterocycles. The van der Waals surface area contributed by atoms with E-state index in [9.17, 15) is 0 Å². The van der Waals surface area contributed by atoms with Crippen LogP contribution in [-0.2, 0) is 0 Å². The lowest BCUT2D eigenvalue weighted by Gasteiger charge is -2.23. The van der Waals surface area contributed by atoms with E-state index in [4.69, 9.17) is 0 Å². The number of hydrogen-bond donors (Lipinski definition) is 0. The second-order valence-electron chi connectivity index (χ2n) is 8.55. The van der Waals surface area contributed by atoms with Crippen LogP contribution in [-0.4, -0.2) is 0 Å². The Morgan fingerprint density at radius 1 is 0.619 bits per heavy atom. The molecule has 0 rings (SSSR count). The quantitative estimate of drug-likeness (QED) is 0.284. The van der Waals surface area contributed by atoms with Crippen molar-refractivity contribution in [2.24, 2.45) is 11.3 Å². The van der Waals surface area contributed by atoms with E-state index in [1.807, 2.05) is 0 Å². The van der Waals surface area contributed by atoms with Crippen LogP contribution in [0.3, 0.4) is 0 Å². The Morgan fingerprint density at radius 3 is 1.38 bits per heavy atom. The largest absolute Gasteiger partial charge is 0.0654 e. The second kappa shape index (κ2) is 13.6. The first-order valence-corrected chi connectivity index (χ1v) is 9.95. The molecular weight excluding hydrogens is 252 g/mol. The van der Waals surface area contributed by atoms with Gasteiger partial charge in [-0.2, -0.15) is 0 Å². The zero-order chi connectivity index (χ0) is 16.0. The van der Waals surface area contributed by atoms with Gasteiger partial charge in [0.05, 0.1) is 0 Å². The molecule has 0 aromatic heterocycles. The molecule has 0 bridgehead atoms. The maximum Gasteiger partial charge on any atom is -0.0380 e. The van der Waals surface area contributed by atoms with Crippen molar-refractivity contribution in [2.45, 2.75) is 125 Å². The maximum atomic E-state index is 2.43. The lowest BCUT2D eigenvalue weighted by Crippen LogP contribution is -2.10. The molecular formula is C21H44. The third kappa shape index (κ3) is 18.0. The van der Waals surface area contributed by atoms with E-state index in [-0.39, 0.29) is 0 Å². The standard InChI is InChI=1S/C21H44/c1-6-7-8-9-10-11-12-13-14-15-16-17-18-20(2)19-21(3,4)5/h20H,6-19H2,1-5H3. The predicted molar refractivity (Wildman–Crippen MR) is 98.9 cm³/mol. The van der Waals surface area contributed by atoms with Gasteiger partial charge in [-0.15, -0.1) is 0 Å². The van der Waals surface area contributed by atoms with Gasteiger partial charge in [0.15, 0.2) is 0 Å². The summed E-state index contributed by atoms with van der Waals surface area (Å²) in [5.74, 6) is 0.910. The molecule has 0 aliphatic rings. The molecule has 0 saturated carbocycles. The topological polar surface area (TPSA) is 0 Å². The number of hydrogen-bond acceptors (Lipinski definition) is 0. The molecule has 0 radical (unpaired) electrons. The van der Waals surface area contributed by atoms with Gasteiger partial charge in [0, 0.05) is 0 Å². The van der Waals surface area contributed by atoms with Crippen molar-refractivity contribution in [1.82, 2.24) is 0 Å². The predicted octanol–water partition coefficient (Wildman–Crippen LogP) is 8.15. The molecule has 0 fully saturated rings. The molecule has 0 spiro atoms. The Kier molecular flexibility index (Phi) is 13.6. The van der Waals surface area contributed by atoms with Crippen LogP contribution in [0.2, 0.25) is 0 Å². The summed E-state index contributed by atoms with van der Waals surface area (Å²) < 4.78 is 0. The first-order chi connectivity index (χ1) is 9.95. The van der Waals surface area contributed by atoms with Crippen LogP contribution in [0.5, 0.6) is 0 Å². The summed E-state index contributed by atoms with van der Waals surface area (Å²) >= 11 is 0. The third-order valence-electron chi connectivity index (χ3n) is 4.51. The van der Waals surface area contributed by atoms with Gasteiger partial charge in [-0.25, -0.2) is 0 Å². The lowest BCUT2D eigenvalue weighted by molar-refractivity contribution is 0.291.